The summed E-state index contributed by atoms with van der Waals surface area (Å²) >= 11 is 2.04. The van der Waals surface area contributed by atoms with Crippen molar-refractivity contribution in [3.63, 3.8) is 0 Å². The van der Waals surface area contributed by atoms with E-state index in [9.17, 15) is 0 Å². The molecule has 1 atom stereocenters. The Balaban J connectivity index is 1.77. The summed E-state index contributed by atoms with van der Waals surface area (Å²) in [4.78, 5) is 6.59. The second kappa shape index (κ2) is 4.43. The van der Waals surface area contributed by atoms with E-state index >= 15 is 0 Å². The summed E-state index contributed by atoms with van der Waals surface area (Å²) in [6, 6.07) is 0.676. The Morgan fingerprint density at radius 3 is 2.86 bits per heavy atom. The number of guanidine groups is 1. The van der Waals surface area contributed by atoms with E-state index in [2.05, 4.69) is 16.9 Å². The van der Waals surface area contributed by atoms with Crippen molar-refractivity contribution in [2.24, 2.45) is 10.7 Å². The van der Waals surface area contributed by atoms with Gasteiger partial charge in [-0.05, 0) is 31.4 Å². The second-order valence-corrected chi connectivity index (χ2v) is 5.58. The van der Waals surface area contributed by atoms with E-state index < -0.39 is 0 Å². The zero-order valence-electron chi connectivity index (χ0n) is 8.78. The van der Waals surface area contributed by atoms with E-state index in [1.807, 2.05) is 11.8 Å². The molecule has 2 aliphatic rings. The molecule has 2 fully saturated rings. The summed E-state index contributed by atoms with van der Waals surface area (Å²) in [6.07, 6.45) is 5.23. The number of nitrogens with zero attached hydrogens (tertiary/aromatic N) is 2. The maximum Gasteiger partial charge on any atom is 0.191 e. The molecule has 0 aromatic carbocycles. The Morgan fingerprint density at radius 1 is 1.50 bits per heavy atom. The fourth-order valence-electron chi connectivity index (χ4n) is 1.74. The van der Waals surface area contributed by atoms with Gasteiger partial charge in [0.05, 0.1) is 6.54 Å². The molecule has 4 heteroatoms. The van der Waals surface area contributed by atoms with Gasteiger partial charge >= 0.3 is 0 Å². The van der Waals surface area contributed by atoms with E-state index in [0.29, 0.717) is 6.04 Å². The van der Waals surface area contributed by atoms with Crippen LogP contribution >= 0.6 is 11.8 Å². The highest BCUT2D eigenvalue weighted by atomic mass is 32.2. The minimum absolute atomic E-state index is 0.676. The van der Waals surface area contributed by atoms with Gasteiger partial charge in [0.25, 0.3) is 0 Å². The summed E-state index contributed by atoms with van der Waals surface area (Å²) in [5.41, 5.74) is 5.90. The van der Waals surface area contributed by atoms with Gasteiger partial charge in [0.1, 0.15) is 0 Å². The summed E-state index contributed by atoms with van der Waals surface area (Å²) in [5.74, 6) is 2.04. The number of hydrogen-bond acceptors (Lipinski definition) is 2. The van der Waals surface area contributed by atoms with E-state index in [1.54, 1.807) is 0 Å². The third-order valence-electron chi connectivity index (χ3n) is 2.94. The number of aliphatic imine (C=N–C) groups is 1. The molecule has 0 radical (unpaired) electrons. The van der Waals surface area contributed by atoms with Crippen molar-refractivity contribution in [1.82, 2.24) is 4.90 Å². The fourth-order valence-corrected chi connectivity index (χ4v) is 2.92. The van der Waals surface area contributed by atoms with Crippen LogP contribution in [0.4, 0.5) is 0 Å². The molecule has 80 valence electrons. The third kappa shape index (κ3) is 2.56. The monoisotopic (exact) mass is 213 g/mol. The normalized spacial score (nSPS) is 28.1. The van der Waals surface area contributed by atoms with Crippen LogP contribution in [0.15, 0.2) is 4.99 Å². The van der Waals surface area contributed by atoms with E-state index in [0.717, 1.165) is 17.8 Å². The molecule has 1 aliphatic heterocycles. The lowest BCUT2D eigenvalue weighted by Crippen LogP contribution is -2.36. The third-order valence-corrected chi connectivity index (χ3v) is 4.32. The van der Waals surface area contributed by atoms with Crippen LogP contribution in [0.2, 0.25) is 0 Å². The molecule has 0 bridgehead atoms. The first-order chi connectivity index (χ1) is 6.77. The molecule has 1 saturated heterocycles. The Hall–Kier alpha value is -0.380. The average Bonchev–Trinajstić information content (AvgIpc) is 2.91. The van der Waals surface area contributed by atoms with Crippen molar-refractivity contribution >= 4 is 17.7 Å². The number of hydrogen-bond donors (Lipinski definition) is 1. The molecule has 1 heterocycles. The zero-order valence-corrected chi connectivity index (χ0v) is 9.59. The minimum atomic E-state index is 0.676. The minimum Gasteiger partial charge on any atom is -0.370 e. The van der Waals surface area contributed by atoms with Crippen molar-refractivity contribution in [2.75, 3.05) is 19.3 Å². The van der Waals surface area contributed by atoms with Gasteiger partial charge in [-0.3, -0.25) is 4.99 Å². The van der Waals surface area contributed by atoms with Crippen LogP contribution in [-0.2, 0) is 0 Å². The number of nitrogens with two attached hydrogens (primary N) is 1. The van der Waals surface area contributed by atoms with Crippen LogP contribution in [0.5, 0.6) is 0 Å². The summed E-state index contributed by atoms with van der Waals surface area (Å²) in [5, 5.41) is 0.723. The molecule has 1 saturated carbocycles. The standard InChI is InChI=1S/C10H19N3S/c1-13(8-4-5-8)10(11)12-7-9-3-2-6-14-9/h8-9H,2-7H2,1H3,(H2,11,12). The van der Waals surface area contributed by atoms with Gasteiger partial charge in [-0.25, -0.2) is 0 Å². The topological polar surface area (TPSA) is 41.6 Å². The van der Waals surface area contributed by atoms with Crippen molar-refractivity contribution in [3.8, 4) is 0 Å². The van der Waals surface area contributed by atoms with Crippen LogP contribution in [0.25, 0.3) is 0 Å². The Bertz CT molecular complexity index is 219. The maximum absolute atomic E-state index is 5.90. The van der Waals surface area contributed by atoms with Crippen LogP contribution < -0.4 is 5.73 Å². The summed E-state index contributed by atoms with van der Waals surface area (Å²) in [7, 11) is 2.05. The van der Waals surface area contributed by atoms with Crippen molar-refractivity contribution in [2.45, 2.75) is 37.0 Å². The first kappa shape index (κ1) is 10.1. The fraction of sp³-hybridized carbons (Fsp3) is 0.900. The molecule has 3 nitrogen and oxygen atoms in total. The predicted octanol–water partition coefficient (Wildman–Crippen LogP) is 1.29. The van der Waals surface area contributed by atoms with Gasteiger partial charge in [-0.15, -0.1) is 0 Å². The predicted molar refractivity (Wildman–Crippen MR) is 62.8 cm³/mol. The molecular formula is C10H19N3S. The van der Waals surface area contributed by atoms with E-state index in [-0.39, 0.29) is 0 Å². The first-order valence-corrected chi connectivity index (χ1v) is 6.46. The summed E-state index contributed by atoms with van der Waals surface area (Å²) in [6.45, 7) is 0.910. The average molecular weight is 213 g/mol. The molecule has 1 aliphatic carbocycles. The lowest BCUT2D eigenvalue weighted by molar-refractivity contribution is 0.487. The Kier molecular flexibility index (Phi) is 3.21. The van der Waals surface area contributed by atoms with E-state index in [1.165, 1.54) is 31.4 Å². The summed E-state index contributed by atoms with van der Waals surface area (Å²) < 4.78 is 0. The molecule has 0 amide bonds. The highest BCUT2D eigenvalue weighted by molar-refractivity contribution is 8.00. The lowest BCUT2D eigenvalue weighted by Gasteiger charge is -2.17. The van der Waals surface area contributed by atoms with Crippen LogP contribution in [-0.4, -0.2) is 41.5 Å². The zero-order chi connectivity index (χ0) is 9.97. The van der Waals surface area contributed by atoms with Crippen molar-refractivity contribution < 1.29 is 0 Å². The quantitative estimate of drug-likeness (QED) is 0.567. The molecule has 2 rings (SSSR count). The second-order valence-electron chi connectivity index (χ2n) is 4.18. The van der Waals surface area contributed by atoms with Crippen LogP contribution in [0, 0.1) is 0 Å². The molecule has 0 spiro atoms. The molecule has 1 unspecified atom stereocenters. The SMILES string of the molecule is CN(C(N)=NCC1CCCS1)C1CC1. The van der Waals surface area contributed by atoms with Crippen molar-refractivity contribution in [1.29, 1.82) is 0 Å². The van der Waals surface area contributed by atoms with E-state index in [4.69, 9.17) is 5.73 Å². The number of thioether (sulfide) groups is 1. The molecule has 0 aromatic heterocycles. The largest absolute Gasteiger partial charge is 0.370 e. The van der Waals surface area contributed by atoms with Gasteiger partial charge in [-0.2, -0.15) is 11.8 Å². The van der Waals surface area contributed by atoms with Gasteiger partial charge in [0.15, 0.2) is 5.96 Å². The van der Waals surface area contributed by atoms with Gasteiger partial charge in [0, 0.05) is 18.3 Å². The Morgan fingerprint density at radius 2 is 2.29 bits per heavy atom. The maximum atomic E-state index is 5.90. The highest BCUT2D eigenvalue weighted by Crippen LogP contribution is 2.27. The van der Waals surface area contributed by atoms with Crippen molar-refractivity contribution in [3.05, 3.63) is 0 Å². The van der Waals surface area contributed by atoms with Gasteiger partial charge < -0.3 is 10.6 Å². The van der Waals surface area contributed by atoms with Gasteiger partial charge in [-0.1, -0.05) is 0 Å². The number of rotatable bonds is 3. The highest BCUT2D eigenvalue weighted by Gasteiger charge is 2.27. The molecule has 2 N–H and O–H groups in total. The molecular weight excluding hydrogens is 194 g/mol. The van der Waals surface area contributed by atoms with Crippen LogP contribution in [0.1, 0.15) is 25.7 Å². The first-order valence-electron chi connectivity index (χ1n) is 5.41. The Labute approximate surface area is 90.1 Å². The molecule has 14 heavy (non-hydrogen) atoms. The van der Waals surface area contributed by atoms with Gasteiger partial charge in [0.2, 0.25) is 0 Å². The lowest BCUT2D eigenvalue weighted by atomic mass is 10.2. The van der Waals surface area contributed by atoms with Crippen LogP contribution in [0.3, 0.4) is 0 Å². The molecule has 0 aromatic rings. The smallest absolute Gasteiger partial charge is 0.191 e.